The summed E-state index contributed by atoms with van der Waals surface area (Å²) in [5.74, 6) is 0. The van der Waals surface area contributed by atoms with E-state index in [0.29, 0.717) is 0 Å². The van der Waals surface area contributed by atoms with E-state index in [2.05, 4.69) is 41.4 Å². The van der Waals surface area contributed by atoms with Crippen LogP contribution >= 0.6 is 0 Å². The average Bonchev–Trinajstić information content (AvgIpc) is 2.84. The summed E-state index contributed by atoms with van der Waals surface area (Å²) in [6.07, 6.45) is 5.23. The van der Waals surface area contributed by atoms with Gasteiger partial charge in [0.25, 0.3) is 0 Å². The Morgan fingerprint density at radius 1 is 1.18 bits per heavy atom. The first-order chi connectivity index (χ1) is 8.40. The molecule has 1 aromatic rings. The van der Waals surface area contributed by atoms with Crippen molar-refractivity contribution in [2.75, 3.05) is 25.0 Å². The van der Waals surface area contributed by atoms with Crippen LogP contribution in [0.25, 0.3) is 0 Å². The van der Waals surface area contributed by atoms with Gasteiger partial charge in [-0.1, -0.05) is 31.5 Å². The Morgan fingerprint density at radius 2 is 1.94 bits per heavy atom. The van der Waals surface area contributed by atoms with Crippen LogP contribution in [0.15, 0.2) is 24.3 Å². The van der Waals surface area contributed by atoms with Crippen LogP contribution in [0.3, 0.4) is 0 Å². The topological polar surface area (TPSA) is 15.3 Å². The van der Waals surface area contributed by atoms with Gasteiger partial charge in [-0.05, 0) is 44.0 Å². The summed E-state index contributed by atoms with van der Waals surface area (Å²) >= 11 is 0. The van der Waals surface area contributed by atoms with Crippen LogP contribution in [0.4, 0.5) is 5.69 Å². The van der Waals surface area contributed by atoms with Crippen LogP contribution in [0.1, 0.15) is 38.2 Å². The second-order valence-electron chi connectivity index (χ2n) is 4.92. The number of hydrogen-bond acceptors (Lipinski definition) is 2. The van der Waals surface area contributed by atoms with Crippen molar-refractivity contribution in [1.82, 2.24) is 4.90 Å². The predicted molar refractivity (Wildman–Crippen MR) is 74.4 cm³/mol. The maximum absolute atomic E-state index is 3.56. The summed E-state index contributed by atoms with van der Waals surface area (Å²) < 4.78 is 0. The van der Waals surface area contributed by atoms with Gasteiger partial charge in [-0.2, -0.15) is 0 Å². The molecule has 0 spiro atoms. The van der Waals surface area contributed by atoms with Crippen molar-refractivity contribution in [3.05, 3.63) is 29.8 Å². The lowest BCUT2D eigenvalue weighted by Crippen LogP contribution is -2.19. The summed E-state index contributed by atoms with van der Waals surface area (Å²) in [5.41, 5.74) is 2.78. The van der Waals surface area contributed by atoms with Gasteiger partial charge in [0, 0.05) is 18.8 Å². The van der Waals surface area contributed by atoms with Crippen molar-refractivity contribution < 1.29 is 0 Å². The molecule has 94 valence electrons. The zero-order chi connectivity index (χ0) is 11.9. The Bertz CT molecular complexity index is 329. The smallest absolute Gasteiger partial charge is 0.0385 e. The number of para-hydroxylation sites is 1. The van der Waals surface area contributed by atoms with Gasteiger partial charge in [0.2, 0.25) is 0 Å². The van der Waals surface area contributed by atoms with E-state index in [1.807, 2.05) is 0 Å². The molecule has 2 heteroatoms. The van der Waals surface area contributed by atoms with E-state index in [4.69, 9.17) is 0 Å². The fourth-order valence-corrected chi connectivity index (χ4v) is 2.41. The molecule has 1 N–H and O–H groups in total. The Kier molecular flexibility index (Phi) is 4.87. The van der Waals surface area contributed by atoms with E-state index in [1.165, 1.54) is 50.0 Å². The largest absolute Gasteiger partial charge is 0.385 e. The number of hydrogen-bond donors (Lipinski definition) is 1. The average molecular weight is 232 g/mol. The molecule has 17 heavy (non-hydrogen) atoms. The van der Waals surface area contributed by atoms with Crippen molar-refractivity contribution in [2.45, 2.75) is 39.2 Å². The predicted octanol–water partition coefficient (Wildman–Crippen LogP) is 3.49. The highest BCUT2D eigenvalue weighted by Crippen LogP contribution is 2.19. The number of rotatable bonds is 6. The zero-order valence-corrected chi connectivity index (χ0v) is 10.9. The molecule has 2 nitrogen and oxygen atoms in total. The Hall–Kier alpha value is -1.02. The summed E-state index contributed by atoms with van der Waals surface area (Å²) in [4.78, 5) is 2.56. The van der Waals surface area contributed by atoms with Crippen molar-refractivity contribution in [3.8, 4) is 0 Å². The number of nitrogens with zero attached hydrogens (tertiary/aromatic N) is 1. The molecule has 0 aromatic heterocycles. The first kappa shape index (κ1) is 12.4. The highest BCUT2D eigenvalue weighted by Gasteiger charge is 2.13. The third kappa shape index (κ3) is 3.74. The quantitative estimate of drug-likeness (QED) is 0.755. The second-order valence-corrected chi connectivity index (χ2v) is 4.92. The second kappa shape index (κ2) is 6.65. The highest BCUT2D eigenvalue weighted by atomic mass is 15.1. The van der Waals surface area contributed by atoms with Crippen LogP contribution in [-0.2, 0) is 6.54 Å². The summed E-state index contributed by atoms with van der Waals surface area (Å²) in [6.45, 7) is 6.97. The molecule has 0 amide bonds. The molecule has 1 aliphatic rings. The van der Waals surface area contributed by atoms with Gasteiger partial charge in [-0.3, -0.25) is 4.90 Å². The molecular weight excluding hydrogens is 208 g/mol. The first-order valence-corrected chi connectivity index (χ1v) is 6.94. The lowest BCUT2D eigenvalue weighted by atomic mass is 10.1. The molecule has 1 fully saturated rings. The maximum atomic E-state index is 3.56. The van der Waals surface area contributed by atoms with Crippen LogP contribution in [0.5, 0.6) is 0 Å². The molecular formula is C15H24N2. The van der Waals surface area contributed by atoms with E-state index in [1.54, 1.807) is 0 Å². The van der Waals surface area contributed by atoms with Crippen molar-refractivity contribution in [1.29, 1.82) is 0 Å². The van der Waals surface area contributed by atoms with Gasteiger partial charge in [0.05, 0.1) is 0 Å². The molecule has 2 rings (SSSR count). The van der Waals surface area contributed by atoms with Gasteiger partial charge in [0.15, 0.2) is 0 Å². The zero-order valence-electron chi connectivity index (χ0n) is 10.9. The van der Waals surface area contributed by atoms with Crippen LogP contribution < -0.4 is 5.32 Å². The van der Waals surface area contributed by atoms with Gasteiger partial charge >= 0.3 is 0 Å². The number of unbranched alkanes of at least 4 members (excludes halogenated alkanes) is 1. The monoisotopic (exact) mass is 232 g/mol. The number of likely N-dealkylation sites (tertiary alicyclic amines) is 1. The van der Waals surface area contributed by atoms with E-state index < -0.39 is 0 Å². The molecule has 0 bridgehead atoms. The van der Waals surface area contributed by atoms with Gasteiger partial charge in [0.1, 0.15) is 0 Å². The van der Waals surface area contributed by atoms with Crippen LogP contribution in [0.2, 0.25) is 0 Å². The summed E-state index contributed by atoms with van der Waals surface area (Å²) in [7, 11) is 0. The van der Waals surface area contributed by atoms with Gasteiger partial charge in [-0.15, -0.1) is 0 Å². The lowest BCUT2D eigenvalue weighted by Gasteiger charge is -2.18. The normalized spacial score (nSPS) is 16.3. The standard InChI is InChI=1S/C15H24N2/c1-2-3-10-16-15-9-5-4-8-14(15)13-17-11-6-7-12-17/h4-5,8-9,16H,2-3,6-7,10-13H2,1H3. The molecule has 1 heterocycles. The molecule has 1 saturated heterocycles. The number of benzene rings is 1. The Balaban J connectivity index is 1.94. The highest BCUT2D eigenvalue weighted by molar-refractivity contribution is 5.51. The molecule has 0 unspecified atom stereocenters. The van der Waals surface area contributed by atoms with Crippen molar-refractivity contribution in [2.24, 2.45) is 0 Å². The molecule has 1 aliphatic heterocycles. The van der Waals surface area contributed by atoms with E-state index in [-0.39, 0.29) is 0 Å². The SMILES string of the molecule is CCCCNc1ccccc1CN1CCCC1. The summed E-state index contributed by atoms with van der Waals surface area (Å²) in [5, 5.41) is 3.56. The third-order valence-corrected chi connectivity index (χ3v) is 3.46. The molecule has 0 atom stereocenters. The Morgan fingerprint density at radius 3 is 2.71 bits per heavy atom. The van der Waals surface area contributed by atoms with E-state index >= 15 is 0 Å². The molecule has 1 aromatic carbocycles. The van der Waals surface area contributed by atoms with Gasteiger partial charge in [-0.25, -0.2) is 0 Å². The summed E-state index contributed by atoms with van der Waals surface area (Å²) in [6, 6.07) is 8.74. The van der Waals surface area contributed by atoms with Crippen LogP contribution in [-0.4, -0.2) is 24.5 Å². The minimum absolute atomic E-state index is 1.09. The molecule has 0 aliphatic carbocycles. The minimum Gasteiger partial charge on any atom is -0.385 e. The lowest BCUT2D eigenvalue weighted by molar-refractivity contribution is 0.332. The van der Waals surface area contributed by atoms with E-state index in [0.717, 1.165) is 13.1 Å². The number of anilines is 1. The third-order valence-electron chi connectivity index (χ3n) is 3.46. The number of nitrogens with one attached hydrogen (secondary N) is 1. The minimum atomic E-state index is 1.09. The fraction of sp³-hybridized carbons (Fsp3) is 0.600. The molecule has 0 radical (unpaired) electrons. The molecule has 0 saturated carbocycles. The first-order valence-electron chi connectivity index (χ1n) is 6.94. The van der Waals surface area contributed by atoms with E-state index in [9.17, 15) is 0 Å². The van der Waals surface area contributed by atoms with Crippen molar-refractivity contribution >= 4 is 5.69 Å². The van der Waals surface area contributed by atoms with Crippen molar-refractivity contribution in [3.63, 3.8) is 0 Å². The van der Waals surface area contributed by atoms with Gasteiger partial charge < -0.3 is 5.32 Å². The van der Waals surface area contributed by atoms with Crippen LogP contribution in [0, 0.1) is 0 Å². The fourth-order valence-electron chi connectivity index (χ4n) is 2.41. The maximum Gasteiger partial charge on any atom is 0.0385 e. The Labute approximate surface area is 105 Å².